The fraction of sp³-hybridized carbons (Fsp3) is 0.556. The van der Waals surface area contributed by atoms with Crippen LogP contribution in [0.25, 0.3) is 0 Å². The van der Waals surface area contributed by atoms with Crippen LogP contribution in [0, 0.1) is 0 Å². The van der Waals surface area contributed by atoms with E-state index in [2.05, 4.69) is 28.5 Å². The first-order valence-electron chi connectivity index (χ1n) is 8.40. The Labute approximate surface area is 142 Å². The minimum Gasteiger partial charge on any atom is -0.492 e. The van der Waals surface area contributed by atoms with E-state index in [1.807, 2.05) is 33.8 Å². The Kier molecular flexibility index (Phi) is 4.39. The lowest BCUT2D eigenvalue weighted by atomic mass is 9.97. The molecule has 0 spiro atoms. The average Bonchev–Trinajstić information content (AvgIpc) is 3.10. The Morgan fingerprint density at radius 3 is 2.75 bits per heavy atom. The molecule has 2 heterocycles. The Morgan fingerprint density at radius 1 is 1.29 bits per heavy atom. The normalized spacial score (nSPS) is 16.6. The minimum absolute atomic E-state index is 0.153. The smallest absolute Gasteiger partial charge is 0.235 e. The Morgan fingerprint density at radius 2 is 2.08 bits per heavy atom. The van der Waals surface area contributed by atoms with E-state index >= 15 is 0 Å². The molecule has 6 nitrogen and oxygen atoms in total. The standard InChI is InChI=1S/C18H25N3O3/c1-6-22-15-8-12-7-11(2)23-14(12)9-13(15)19-10-16-20-21-17(24-16)18(3,4)5/h8-9,11,19H,6-7,10H2,1-5H3/t11-/m1/s1. The molecule has 1 aliphatic rings. The highest BCUT2D eigenvalue weighted by Gasteiger charge is 2.23. The van der Waals surface area contributed by atoms with E-state index in [1.165, 1.54) is 5.56 Å². The number of ether oxygens (including phenoxy) is 2. The number of nitrogens with zero attached hydrogens (tertiary/aromatic N) is 2. The molecular formula is C18H25N3O3. The fourth-order valence-electron chi connectivity index (χ4n) is 2.65. The number of rotatable bonds is 5. The molecule has 6 heteroatoms. The Balaban J connectivity index is 1.77. The van der Waals surface area contributed by atoms with E-state index in [1.54, 1.807) is 0 Å². The van der Waals surface area contributed by atoms with Gasteiger partial charge in [0.05, 0.1) is 18.8 Å². The summed E-state index contributed by atoms with van der Waals surface area (Å²) in [6.07, 6.45) is 1.11. The zero-order valence-corrected chi connectivity index (χ0v) is 15.0. The van der Waals surface area contributed by atoms with Crippen molar-refractivity contribution in [1.29, 1.82) is 0 Å². The molecule has 0 saturated carbocycles. The van der Waals surface area contributed by atoms with Crippen LogP contribution in [0.3, 0.4) is 0 Å². The molecule has 24 heavy (non-hydrogen) atoms. The van der Waals surface area contributed by atoms with Gasteiger partial charge in [-0.2, -0.15) is 0 Å². The van der Waals surface area contributed by atoms with E-state index in [4.69, 9.17) is 13.9 Å². The van der Waals surface area contributed by atoms with E-state index < -0.39 is 0 Å². The van der Waals surface area contributed by atoms with Crippen molar-refractivity contribution in [3.05, 3.63) is 29.5 Å². The van der Waals surface area contributed by atoms with Gasteiger partial charge in [0.1, 0.15) is 17.6 Å². The van der Waals surface area contributed by atoms with Gasteiger partial charge >= 0.3 is 0 Å². The molecule has 1 aromatic heterocycles. The molecule has 3 rings (SSSR count). The third-order valence-corrected chi connectivity index (χ3v) is 3.84. The van der Waals surface area contributed by atoms with E-state index in [9.17, 15) is 0 Å². The molecule has 0 radical (unpaired) electrons. The van der Waals surface area contributed by atoms with Gasteiger partial charge in [0, 0.05) is 23.5 Å². The van der Waals surface area contributed by atoms with Crippen LogP contribution in [0.4, 0.5) is 5.69 Å². The zero-order valence-electron chi connectivity index (χ0n) is 15.0. The van der Waals surface area contributed by atoms with Crippen LogP contribution in [0.5, 0.6) is 11.5 Å². The van der Waals surface area contributed by atoms with Crippen molar-refractivity contribution in [2.75, 3.05) is 11.9 Å². The highest BCUT2D eigenvalue weighted by atomic mass is 16.5. The van der Waals surface area contributed by atoms with Gasteiger partial charge in [-0.15, -0.1) is 10.2 Å². The highest BCUT2D eigenvalue weighted by Crippen LogP contribution is 2.38. The molecule has 1 aromatic carbocycles. The Hall–Kier alpha value is -2.24. The molecule has 1 atom stereocenters. The first kappa shape index (κ1) is 16.6. The number of hydrogen-bond donors (Lipinski definition) is 1. The van der Waals surface area contributed by atoms with Crippen LogP contribution >= 0.6 is 0 Å². The molecule has 2 aromatic rings. The first-order valence-corrected chi connectivity index (χ1v) is 8.40. The summed E-state index contributed by atoms with van der Waals surface area (Å²) in [4.78, 5) is 0. The van der Waals surface area contributed by atoms with Crippen molar-refractivity contribution in [3.63, 3.8) is 0 Å². The summed E-state index contributed by atoms with van der Waals surface area (Å²) in [5, 5.41) is 11.5. The lowest BCUT2D eigenvalue weighted by Crippen LogP contribution is -2.11. The van der Waals surface area contributed by atoms with Gasteiger partial charge in [-0.3, -0.25) is 0 Å². The summed E-state index contributed by atoms with van der Waals surface area (Å²) in [6, 6.07) is 4.05. The van der Waals surface area contributed by atoms with Gasteiger partial charge in [-0.1, -0.05) is 20.8 Å². The summed E-state index contributed by atoms with van der Waals surface area (Å²) in [5.74, 6) is 2.92. The van der Waals surface area contributed by atoms with Crippen molar-refractivity contribution in [1.82, 2.24) is 10.2 Å². The lowest BCUT2D eigenvalue weighted by Gasteiger charge is -2.13. The number of benzene rings is 1. The number of hydrogen-bond acceptors (Lipinski definition) is 6. The summed E-state index contributed by atoms with van der Waals surface area (Å²) >= 11 is 0. The van der Waals surface area contributed by atoms with Crippen molar-refractivity contribution in [2.24, 2.45) is 0 Å². The lowest BCUT2D eigenvalue weighted by molar-refractivity contribution is 0.254. The predicted molar refractivity (Wildman–Crippen MR) is 91.7 cm³/mol. The number of fused-ring (bicyclic) bond motifs is 1. The molecule has 1 aliphatic heterocycles. The first-order chi connectivity index (χ1) is 11.4. The van der Waals surface area contributed by atoms with Gasteiger partial charge in [0.2, 0.25) is 11.8 Å². The maximum atomic E-state index is 5.83. The van der Waals surface area contributed by atoms with Crippen LogP contribution in [-0.4, -0.2) is 22.9 Å². The molecule has 130 valence electrons. The third kappa shape index (κ3) is 3.47. The maximum absolute atomic E-state index is 5.83. The van der Waals surface area contributed by atoms with Crippen LogP contribution < -0.4 is 14.8 Å². The van der Waals surface area contributed by atoms with E-state index in [0.717, 1.165) is 23.6 Å². The number of aromatic nitrogens is 2. The SMILES string of the molecule is CCOc1cc2c(cc1NCc1nnc(C(C)(C)C)o1)O[C@H](C)C2. The van der Waals surface area contributed by atoms with Crippen LogP contribution in [0.1, 0.15) is 52.0 Å². The average molecular weight is 331 g/mol. The number of anilines is 1. The second-order valence-corrected chi connectivity index (χ2v) is 7.13. The maximum Gasteiger partial charge on any atom is 0.235 e. The monoisotopic (exact) mass is 331 g/mol. The minimum atomic E-state index is -0.153. The molecule has 0 unspecified atom stereocenters. The van der Waals surface area contributed by atoms with Crippen LogP contribution in [-0.2, 0) is 18.4 Å². The van der Waals surface area contributed by atoms with Crippen molar-refractivity contribution >= 4 is 5.69 Å². The summed E-state index contributed by atoms with van der Waals surface area (Å²) in [6.45, 7) is 11.2. The molecule has 0 fully saturated rings. The molecule has 0 aliphatic carbocycles. The highest BCUT2D eigenvalue weighted by molar-refractivity contribution is 5.63. The zero-order chi connectivity index (χ0) is 17.3. The van der Waals surface area contributed by atoms with Gasteiger partial charge in [0.25, 0.3) is 0 Å². The van der Waals surface area contributed by atoms with Crippen molar-refractivity contribution in [2.45, 2.75) is 59.1 Å². The van der Waals surface area contributed by atoms with Gasteiger partial charge in [-0.05, 0) is 19.9 Å². The summed E-state index contributed by atoms with van der Waals surface area (Å²) < 4.78 is 17.3. The second kappa shape index (κ2) is 6.34. The molecule has 1 N–H and O–H groups in total. The molecule has 0 bridgehead atoms. The van der Waals surface area contributed by atoms with Gasteiger partial charge < -0.3 is 19.2 Å². The van der Waals surface area contributed by atoms with E-state index in [-0.39, 0.29) is 11.5 Å². The van der Waals surface area contributed by atoms with Gasteiger partial charge in [-0.25, -0.2) is 0 Å². The largest absolute Gasteiger partial charge is 0.492 e. The van der Waals surface area contributed by atoms with Crippen molar-refractivity contribution in [3.8, 4) is 11.5 Å². The predicted octanol–water partition coefficient (Wildman–Crippen LogP) is 3.70. The quantitative estimate of drug-likeness (QED) is 0.901. The van der Waals surface area contributed by atoms with Gasteiger partial charge in [0.15, 0.2) is 0 Å². The van der Waals surface area contributed by atoms with Crippen LogP contribution in [0.15, 0.2) is 16.5 Å². The summed E-state index contributed by atoms with van der Waals surface area (Å²) in [5.41, 5.74) is 1.91. The van der Waals surface area contributed by atoms with E-state index in [0.29, 0.717) is 24.9 Å². The van der Waals surface area contributed by atoms with Crippen LogP contribution in [0.2, 0.25) is 0 Å². The summed E-state index contributed by atoms with van der Waals surface area (Å²) in [7, 11) is 0. The Bertz CT molecular complexity index is 719. The second-order valence-electron chi connectivity index (χ2n) is 7.13. The topological polar surface area (TPSA) is 69.4 Å². The third-order valence-electron chi connectivity index (χ3n) is 3.84. The fourth-order valence-corrected chi connectivity index (χ4v) is 2.65. The van der Waals surface area contributed by atoms with Crippen molar-refractivity contribution < 1.29 is 13.9 Å². The number of nitrogens with one attached hydrogen (secondary N) is 1. The molecule has 0 amide bonds. The molecular weight excluding hydrogens is 306 g/mol. The molecule has 0 saturated heterocycles.